The highest BCUT2D eigenvalue weighted by Crippen LogP contribution is 2.19. The molecular formula is C19H19ClFN3O. The van der Waals surface area contributed by atoms with Crippen LogP contribution in [0.3, 0.4) is 0 Å². The van der Waals surface area contributed by atoms with E-state index in [0.29, 0.717) is 18.1 Å². The minimum atomic E-state index is -0.664. The Labute approximate surface area is 150 Å². The van der Waals surface area contributed by atoms with E-state index in [4.69, 9.17) is 11.6 Å². The molecule has 2 atom stereocenters. The highest BCUT2D eigenvalue weighted by atomic mass is 35.5. The maximum absolute atomic E-state index is 13.2. The predicted octanol–water partition coefficient (Wildman–Crippen LogP) is 3.74. The molecule has 1 heterocycles. The molecule has 25 heavy (non-hydrogen) atoms. The van der Waals surface area contributed by atoms with Gasteiger partial charge in [0.05, 0.1) is 18.5 Å². The Morgan fingerprint density at radius 1 is 1.08 bits per heavy atom. The van der Waals surface area contributed by atoms with Gasteiger partial charge in [0.1, 0.15) is 5.82 Å². The Morgan fingerprint density at radius 2 is 1.76 bits per heavy atom. The molecule has 0 radical (unpaired) electrons. The first-order valence-corrected chi connectivity index (χ1v) is 8.38. The summed E-state index contributed by atoms with van der Waals surface area (Å²) in [5.74, 6) is -0.272. The maximum Gasteiger partial charge on any atom is 0.123 e. The molecule has 4 nitrogen and oxygen atoms in total. The third-order valence-electron chi connectivity index (χ3n) is 4.04. The first-order chi connectivity index (χ1) is 12.1. The fourth-order valence-corrected chi connectivity index (χ4v) is 2.77. The van der Waals surface area contributed by atoms with Crippen molar-refractivity contribution in [1.29, 1.82) is 0 Å². The number of nitrogens with one attached hydrogen (secondary N) is 1. The maximum atomic E-state index is 13.2. The summed E-state index contributed by atoms with van der Waals surface area (Å²) < 4.78 is 15.1. The van der Waals surface area contributed by atoms with Crippen LogP contribution in [-0.4, -0.2) is 21.2 Å². The van der Waals surface area contributed by atoms with Crippen LogP contribution in [0.25, 0.3) is 0 Å². The molecule has 0 spiro atoms. The van der Waals surface area contributed by atoms with E-state index in [2.05, 4.69) is 10.3 Å². The fraction of sp³-hybridized carbons (Fsp3) is 0.211. The first kappa shape index (κ1) is 17.6. The third kappa shape index (κ3) is 4.89. The molecule has 2 unspecified atom stereocenters. The number of aliphatic hydroxyl groups is 1. The van der Waals surface area contributed by atoms with Gasteiger partial charge in [-0.2, -0.15) is 0 Å². The van der Waals surface area contributed by atoms with Crippen LogP contribution in [0.4, 0.5) is 4.39 Å². The molecule has 130 valence electrons. The number of rotatable bonds is 7. The lowest BCUT2D eigenvalue weighted by atomic mass is 10.1. The van der Waals surface area contributed by atoms with E-state index >= 15 is 0 Å². The Morgan fingerprint density at radius 3 is 2.40 bits per heavy atom. The molecule has 0 amide bonds. The molecule has 0 fully saturated rings. The number of hydrogen-bond donors (Lipinski definition) is 2. The minimum absolute atomic E-state index is 0.0863. The van der Waals surface area contributed by atoms with Crippen molar-refractivity contribution in [2.75, 3.05) is 6.54 Å². The third-order valence-corrected chi connectivity index (χ3v) is 4.29. The van der Waals surface area contributed by atoms with Crippen molar-refractivity contribution >= 4 is 11.6 Å². The van der Waals surface area contributed by atoms with Crippen molar-refractivity contribution in [3.63, 3.8) is 0 Å². The van der Waals surface area contributed by atoms with E-state index < -0.39 is 6.10 Å². The average Bonchev–Trinajstić information content (AvgIpc) is 3.13. The van der Waals surface area contributed by atoms with Gasteiger partial charge in [0.25, 0.3) is 0 Å². The van der Waals surface area contributed by atoms with Crippen LogP contribution in [0.2, 0.25) is 5.02 Å². The summed E-state index contributed by atoms with van der Waals surface area (Å²) in [6, 6.07) is 13.4. The minimum Gasteiger partial charge on any atom is -0.387 e. The van der Waals surface area contributed by atoms with Gasteiger partial charge in [-0.15, -0.1) is 0 Å². The zero-order chi connectivity index (χ0) is 17.6. The summed E-state index contributed by atoms with van der Waals surface area (Å²) in [4.78, 5) is 4.05. The van der Waals surface area contributed by atoms with E-state index in [-0.39, 0.29) is 11.9 Å². The van der Waals surface area contributed by atoms with Crippen molar-refractivity contribution in [2.45, 2.75) is 18.7 Å². The van der Waals surface area contributed by atoms with Crippen molar-refractivity contribution in [3.8, 4) is 0 Å². The highest BCUT2D eigenvalue weighted by Gasteiger charge is 2.15. The van der Waals surface area contributed by atoms with Crippen molar-refractivity contribution in [1.82, 2.24) is 14.9 Å². The second-order valence-electron chi connectivity index (χ2n) is 5.84. The monoisotopic (exact) mass is 359 g/mol. The molecule has 1 aromatic heterocycles. The number of benzene rings is 2. The molecule has 3 rings (SSSR count). The average molecular weight is 360 g/mol. The van der Waals surface area contributed by atoms with Crippen LogP contribution in [0, 0.1) is 5.82 Å². The summed E-state index contributed by atoms with van der Waals surface area (Å²) in [6.07, 6.45) is 4.65. The van der Waals surface area contributed by atoms with Crippen molar-refractivity contribution in [2.24, 2.45) is 0 Å². The van der Waals surface area contributed by atoms with Crippen molar-refractivity contribution < 1.29 is 9.50 Å². The summed E-state index contributed by atoms with van der Waals surface area (Å²) in [5.41, 5.74) is 1.73. The van der Waals surface area contributed by atoms with Gasteiger partial charge in [-0.25, -0.2) is 9.37 Å². The van der Waals surface area contributed by atoms with E-state index in [1.54, 1.807) is 48.9 Å². The molecule has 0 saturated heterocycles. The summed E-state index contributed by atoms with van der Waals surface area (Å²) >= 11 is 5.88. The molecule has 0 aliphatic rings. The van der Waals surface area contributed by atoms with Crippen LogP contribution in [0.15, 0.2) is 67.3 Å². The van der Waals surface area contributed by atoms with Crippen LogP contribution in [0.5, 0.6) is 0 Å². The molecule has 3 aromatic rings. The second kappa shape index (κ2) is 8.25. The van der Waals surface area contributed by atoms with Gasteiger partial charge in [0.2, 0.25) is 0 Å². The largest absolute Gasteiger partial charge is 0.387 e. The van der Waals surface area contributed by atoms with E-state index in [0.717, 1.165) is 11.1 Å². The van der Waals surface area contributed by atoms with E-state index in [1.165, 1.54) is 12.1 Å². The normalized spacial score (nSPS) is 13.6. The van der Waals surface area contributed by atoms with Gasteiger partial charge in [-0.3, -0.25) is 0 Å². The summed E-state index contributed by atoms with van der Waals surface area (Å²) in [6.45, 7) is 0.983. The van der Waals surface area contributed by atoms with Crippen LogP contribution in [-0.2, 0) is 6.54 Å². The topological polar surface area (TPSA) is 50.1 Å². The van der Waals surface area contributed by atoms with Crippen LogP contribution < -0.4 is 5.32 Å². The predicted molar refractivity (Wildman–Crippen MR) is 95.8 cm³/mol. The molecular weight excluding hydrogens is 341 g/mol. The number of imidazole rings is 1. The molecule has 0 saturated carbocycles. The molecule has 0 bridgehead atoms. The lowest BCUT2D eigenvalue weighted by Crippen LogP contribution is -2.29. The Balaban J connectivity index is 1.70. The van der Waals surface area contributed by atoms with Crippen LogP contribution >= 0.6 is 11.6 Å². The lowest BCUT2D eigenvalue weighted by Gasteiger charge is -2.22. The SMILES string of the molecule is OC(CNC(Cn1ccnc1)c1ccc(F)cc1)c1ccc(Cl)cc1. The first-order valence-electron chi connectivity index (χ1n) is 8.00. The zero-order valence-corrected chi connectivity index (χ0v) is 14.3. The number of halogens is 2. The molecule has 6 heteroatoms. The second-order valence-corrected chi connectivity index (χ2v) is 6.28. The standard InChI is InChI=1S/C19H19ClFN3O/c20-16-5-1-15(2-6-16)19(25)11-23-18(12-24-10-9-22-13-24)14-3-7-17(21)8-4-14/h1-10,13,18-19,23,25H,11-12H2. The van der Waals surface area contributed by atoms with Gasteiger partial charge in [-0.05, 0) is 35.4 Å². The molecule has 2 N–H and O–H groups in total. The Bertz CT molecular complexity index is 775. The number of aromatic nitrogens is 2. The van der Waals surface area contributed by atoms with Crippen molar-refractivity contribution in [3.05, 3.63) is 89.2 Å². The molecule has 2 aromatic carbocycles. The number of hydrogen-bond acceptors (Lipinski definition) is 3. The van der Waals surface area contributed by atoms with Gasteiger partial charge >= 0.3 is 0 Å². The fourth-order valence-electron chi connectivity index (χ4n) is 2.65. The van der Waals surface area contributed by atoms with E-state index in [9.17, 15) is 9.50 Å². The lowest BCUT2D eigenvalue weighted by molar-refractivity contribution is 0.168. The quantitative estimate of drug-likeness (QED) is 0.675. The number of nitrogens with zero attached hydrogens (tertiary/aromatic N) is 2. The zero-order valence-electron chi connectivity index (χ0n) is 13.5. The number of aliphatic hydroxyl groups excluding tert-OH is 1. The van der Waals surface area contributed by atoms with E-state index in [1.807, 2.05) is 10.8 Å². The van der Waals surface area contributed by atoms with Gasteiger partial charge < -0.3 is 15.0 Å². The Kier molecular flexibility index (Phi) is 5.81. The molecule has 0 aliphatic carbocycles. The Hall–Kier alpha value is -2.21. The summed E-state index contributed by atoms with van der Waals surface area (Å²) in [5, 5.41) is 14.4. The molecule has 0 aliphatic heterocycles. The summed E-state index contributed by atoms with van der Waals surface area (Å²) in [7, 11) is 0. The highest BCUT2D eigenvalue weighted by molar-refractivity contribution is 6.30. The van der Waals surface area contributed by atoms with Gasteiger partial charge in [0.15, 0.2) is 0 Å². The van der Waals surface area contributed by atoms with Crippen LogP contribution in [0.1, 0.15) is 23.3 Å². The van der Waals surface area contributed by atoms with Gasteiger partial charge in [-0.1, -0.05) is 35.9 Å². The smallest absolute Gasteiger partial charge is 0.123 e. The van der Waals surface area contributed by atoms with Gasteiger partial charge in [0, 0.05) is 30.5 Å².